The Kier molecular flexibility index (Phi) is 7.07. The molecule has 170 valence electrons. The summed E-state index contributed by atoms with van der Waals surface area (Å²) in [5.41, 5.74) is -5.68. The minimum Gasteiger partial charge on any atom is -0.463 e. The van der Waals surface area contributed by atoms with Crippen molar-refractivity contribution in [2.24, 2.45) is 0 Å². The summed E-state index contributed by atoms with van der Waals surface area (Å²) >= 11 is 0. The van der Waals surface area contributed by atoms with Crippen molar-refractivity contribution < 1.29 is 45.4 Å². The molecule has 0 spiro atoms. The lowest BCUT2D eigenvalue weighted by molar-refractivity contribution is -0.143. The molecule has 1 unspecified atom stereocenters. The summed E-state index contributed by atoms with van der Waals surface area (Å²) in [6.45, 7) is 3.31. The van der Waals surface area contributed by atoms with E-state index in [4.69, 9.17) is 9.47 Å². The number of benzene rings is 1. The molecule has 0 amide bonds. The SMILES string of the molecule is CCOC(=O)C1=C(C)NC(C(F)(F)F)=C(C(=O)OCC)C1c1ccccc1C(F)(F)F. The van der Waals surface area contributed by atoms with E-state index in [-0.39, 0.29) is 18.9 Å². The van der Waals surface area contributed by atoms with Gasteiger partial charge in [0, 0.05) is 5.70 Å². The van der Waals surface area contributed by atoms with Crippen molar-refractivity contribution in [2.75, 3.05) is 13.2 Å². The summed E-state index contributed by atoms with van der Waals surface area (Å²) in [6.07, 6.45) is -10.1. The topological polar surface area (TPSA) is 64.6 Å². The number of dihydropyridines is 1. The Balaban J connectivity index is 2.94. The molecule has 0 bridgehead atoms. The summed E-state index contributed by atoms with van der Waals surface area (Å²) < 4.78 is 92.0. The Morgan fingerprint density at radius 2 is 1.42 bits per heavy atom. The van der Waals surface area contributed by atoms with Gasteiger partial charge in [-0.1, -0.05) is 18.2 Å². The Labute approximate surface area is 173 Å². The van der Waals surface area contributed by atoms with E-state index in [9.17, 15) is 35.9 Å². The van der Waals surface area contributed by atoms with Gasteiger partial charge in [0.05, 0.1) is 35.8 Å². The van der Waals surface area contributed by atoms with Crippen LogP contribution >= 0.6 is 0 Å². The normalized spacial score (nSPS) is 17.4. The maximum atomic E-state index is 13.8. The number of allylic oxidation sites excluding steroid dienone is 2. The van der Waals surface area contributed by atoms with Gasteiger partial charge < -0.3 is 14.8 Å². The number of nitrogens with one attached hydrogen (secondary N) is 1. The third-order valence-corrected chi connectivity index (χ3v) is 4.41. The number of esters is 2. The first-order valence-corrected chi connectivity index (χ1v) is 9.14. The molecule has 0 fully saturated rings. The number of ether oxygens (including phenoxy) is 2. The lowest BCUT2D eigenvalue weighted by Gasteiger charge is -2.33. The van der Waals surface area contributed by atoms with Crippen molar-refractivity contribution in [1.29, 1.82) is 0 Å². The molecule has 1 N–H and O–H groups in total. The highest BCUT2D eigenvalue weighted by Gasteiger charge is 2.49. The van der Waals surface area contributed by atoms with E-state index in [1.807, 2.05) is 5.32 Å². The molecule has 1 aliphatic rings. The van der Waals surface area contributed by atoms with Crippen LogP contribution in [0.4, 0.5) is 26.3 Å². The summed E-state index contributed by atoms with van der Waals surface area (Å²) in [6, 6.07) is 3.79. The van der Waals surface area contributed by atoms with Crippen LogP contribution in [0, 0.1) is 0 Å². The van der Waals surface area contributed by atoms with Crippen molar-refractivity contribution in [2.45, 2.75) is 39.0 Å². The highest BCUT2D eigenvalue weighted by atomic mass is 19.4. The zero-order chi connectivity index (χ0) is 23.6. The van der Waals surface area contributed by atoms with Crippen LogP contribution in [-0.2, 0) is 25.2 Å². The molecule has 0 aromatic heterocycles. The lowest BCUT2D eigenvalue weighted by atomic mass is 9.78. The molecular weight excluding hydrogens is 432 g/mol. The molecule has 0 aliphatic carbocycles. The van der Waals surface area contributed by atoms with Crippen LogP contribution in [0.15, 0.2) is 46.8 Å². The van der Waals surface area contributed by atoms with Crippen LogP contribution in [0.5, 0.6) is 0 Å². The van der Waals surface area contributed by atoms with Gasteiger partial charge >= 0.3 is 24.3 Å². The Morgan fingerprint density at radius 3 is 1.90 bits per heavy atom. The number of carbonyl (C=O) groups excluding carboxylic acids is 2. The number of carbonyl (C=O) groups is 2. The predicted molar refractivity (Wildman–Crippen MR) is 96.4 cm³/mol. The van der Waals surface area contributed by atoms with Gasteiger partial charge in [0.1, 0.15) is 5.70 Å². The predicted octanol–water partition coefficient (Wildman–Crippen LogP) is 4.61. The summed E-state index contributed by atoms with van der Waals surface area (Å²) in [5, 5.41) is 1.94. The smallest absolute Gasteiger partial charge is 0.431 e. The maximum absolute atomic E-state index is 13.8. The Hall–Kier alpha value is -2.98. The van der Waals surface area contributed by atoms with Gasteiger partial charge in [-0.25, -0.2) is 9.59 Å². The molecule has 1 heterocycles. The van der Waals surface area contributed by atoms with Crippen LogP contribution in [0.25, 0.3) is 0 Å². The van der Waals surface area contributed by atoms with Crippen LogP contribution in [0.1, 0.15) is 37.8 Å². The molecule has 2 rings (SSSR count). The van der Waals surface area contributed by atoms with Gasteiger partial charge in [-0.05, 0) is 32.4 Å². The minimum atomic E-state index is -5.14. The van der Waals surface area contributed by atoms with E-state index in [1.165, 1.54) is 19.9 Å². The van der Waals surface area contributed by atoms with Gasteiger partial charge in [-0.2, -0.15) is 26.3 Å². The second-order valence-electron chi connectivity index (χ2n) is 6.41. The van der Waals surface area contributed by atoms with Crippen LogP contribution in [-0.4, -0.2) is 31.3 Å². The van der Waals surface area contributed by atoms with Gasteiger partial charge in [-0.15, -0.1) is 0 Å². The van der Waals surface area contributed by atoms with E-state index in [0.717, 1.165) is 19.1 Å². The molecule has 1 atom stereocenters. The van der Waals surface area contributed by atoms with Gasteiger partial charge in [0.2, 0.25) is 0 Å². The maximum Gasteiger partial charge on any atom is 0.431 e. The monoisotopic (exact) mass is 451 g/mol. The van der Waals surface area contributed by atoms with Crippen molar-refractivity contribution in [3.05, 3.63) is 57.9 Å². The Bertz CT molecular complexity index is 930. The summed E-state index contributed by atoms with van der Waals surface area (Å²) in [5.74, 6) is -4.68. The van der Waals surface area contributed by atoms with E-state index >= 15 is 0 Å². The van der Waals surface area contributed by atoms with Gasteiger partial charge in [0.25, 0.3) is 0 Å². The van der Waals surface area contributed by atoms with Gasteiger partial charge in [0.15, 0.2) is 0 Å². The number of rotatable bonds is 5. The second kappa shape index (κ2) is 9.03. The zero-order valence-electron chi connectivity index (χ0n) is 16.7. The molecular formula is C20H19F6NO4. The first-order valence-electron chi connectivity index (χ1n) is 9.14. The van der Waals surface area contributed by atoms with E-state index in [2.05, 4.69) is 0 Å². The van der Waals surface area contributed by atoms with E-state index in [1.54, 1.807) is 0 Å². The van der Waals surface area contributed by atoms with Crippen LogP contribution in [0.2, 0.25) is 0 Å². The highest BCUT2D eigenvalue weighted by molar-refractivity contribution is 6.00. The molecule has 31 heavy (non-hydrogen) atoms. The molecule has 0 saturated carbocycles. The molecule has 1 aromatic carbocycles. The van der Waals surface area contributed by atoms with Crippen LogP contribution in [0.3, 0.4) is 0 Å². The largest absolute Gasteiger partial charge is 0.463 e. The van der Waals surface area contributed by atoms with E-state index in [0.29, 0.717) is 6.07 Å². The molecule has 5 nitrogen and oxygen atoms in total. The molecule has 0 radical (unpaired) electrons. The fourth-order valence-electron chi connectivity index (χ4n) is 3.28. The van der Waals surface area contributed by atoms with Crippen molar-refractivity contribution in [3.8, 4) is 0 Å². The third-order valence-electron chi connectivity index (χ3n) is 4.41. The van der Waals surface area contributed by atoms with Crippen LogP contribution < -0.4 is 5.32 Å². The standard InChI is InChI=1S/C20H19F6NO4/c1-4-30-17(28)13-10(3)27-16(20(24,25)26)15(18(29)31-5-2)14(13)11-8-6-7-9-12(11)19(21,22)23/h6-9,14,27H,4-5H2,1-3H3. The molecule has 1 aliphatic heterocycles. The van der Waals surface area contributed by atoms with Crippen molar-refractivity contribution >= 4 is 11.9 Å². The van der Waals surface area contributed by atoms with Crippen molar-refractivity contribution in [1.82, 2.24) is 5.32 Å². The molecule has 1 aromatic rings. The number of hydrogen-bond donors (Lipinski definition) is 1. The highest BCUT2D eigenvalue weighted by Crippen LogP contribution is 2.46. The van der Waals surface area contributed by atoms with E-state index < -0.39 is 58.2 Å². The number of hydrogen-bond acceptors (Lipinski definition) is 5. The first-order chi connectivity index (χ1) is 14.3. The fraction of sp³-hybridized carbons (Fsp3) is 0.400. The second-order valence-corrected chi connectivity index (χ2v) is 6.41. The van der Waals surface area contributed by atoms with Gasteiger partial charge in [-0.3, -0.25) is 0 Å². The third kappa shape index (κ3) is 5.02. The summed E-state index contributed by atoms with van der Waals surface area (Å²) in [7, 11) is 0. The summed E-state index contributed by atoms with van der Waals surface area (Å²) in [4.78, 5) is 25.1. The first kappa shape index (κ1) is 24.3. The lowest BCUT2D eigenvalue weighted by Crippen LogP contribution is -2.39. The van der Waals surface area contributed by atoms with Crippen molar-refractivity contribution in [3.63, 3.8) is 0 Å². The quantitative estimate of drug-likeness (QED) is 0.523. The average molecular weight is 451 g/mol. The zero-order valence-corrected chi connectivity index (χ0v) is 16.7. The average Bonchev–Trinajstić information content (AvgIpc) is 2.66. The minimum absolute atomic E-state index is 0.187. The Morgan fingerprint density at radius 1 is 0.903 bits per heavy atom. The molecule has 11 heteroatoms. The number of alkyl halides is 6. The fourth-order valence-corrected chi connectivity index (χ4v) is 3.28. The number of halogens is 6. The molecule has 0 saturated heterocycles.